The molecule has 3 rings (SSSR count). The Hall–Kier alpha value is -1.55. The highest BCUT2D eigenvalue weighted by atomic mass is 16.2. The third-order valence-corrected chi connectivity index (χ3v) is 5.18. The van der Waals surface area contributed by atoms with Crippen LogP contribution in [0.25, 0.3) is 0 Å². The molecule has 2 saturated heterocycles. The number of anilines is 1. The Balaban J connectivity index is 1.49. The first kappa shape index (κ1) is 16.3. The van der Waals surface area contributed by atoms with E-state index in [2.05, 4.69) is 52.9 Å². The normalized spacial score (nSPS) is 23.1. The molecule has 1 aromatic rings. The lowest BCUT2D eigenvalue weighted by atomic mass is 9.94. The molecular formula is C19H29N3O. The zero-order valence-electron chi connectivity index (χ0n) is 14.5. The fourth-order valence-electron chi connectivity index (χ4n) is 3.85. The van der Waals surface area contributed by atoms with Crippen LogP contribution in [0, 0.1) is 12.8 Å². The van der Waals surface area contributed by atoms with Crippen molar-refractivity contribution in [3.8, 4) is 0 Å². The second-order valence-electron chi connectivity index (χ2n) is 7.18. The zero-order chi connectivity index (χ0) is 16.2. The van der Waals surface area contributed by atoms with Gasteiger partial charge in [-0.3, -0.25) is 4.79 Å². The SMILES string of the molecule is Cc1cccc(N2CCN(C(=O)CC3CCCN(C)C3)CC2)c1. The highest BCUT2D eigenvalue weighted by molar-refractivity contribution is 5.76. The van der Waals surface area contributed by atoms with E-state index in [1.807, 2.05) is 0 Å². The lowest BCUT2D eigenvalue weighted by Crippen LogP contribution is -2.49. The van der Waals surface area contributed by atoms with Crippen LogP contribution in [-0.2, 0) is 4.79 Å². The van der Waals surface area contributed by atoms with Gasteiger partial charge in [-0.2, -0.15) is 0 Å². The van der Waals surface area contributed by atoms with E-state index >= 15 is 0 Å². The first-order valence-electron chi connectivity index (χ1n) is 8.90. The minimum absolute atomic E-state index is 0.356. The van der Waals surface area contributed by atoms with Crippen molar-refractivity contribution in [2.45, 2.75) is 26.2 Å². The number of aryl methyl sites for hydroxylation is 1. The highest BCUT2D eigenvalue weighted by Crippen LogP contribution is 2.21. The van der Waals surface area contributed by atoms with Crippen molar-refractivity contribution in [3.05, 3.63) is 29.8 Å². The van der Waals surface area contributed by atoms with Crippen LogP contribution in [0.4, 0.5) is 5.69 Å². The average molecular weight is 315 g/mol. The largest absolute Gasteiger partial charge is 0.368 e. The quantitative estimate of drug-likeness (QED) is 0.857. The van der Waals surface area contributed by atoms with Crippen LogP contribution >= 0.6 is 0 Å². The van der Waals surface area contributed by atoms with Gasteiger partial charge in [-0.05, 0) is 57.0 Å². The molecule has 0 radical (unpaired) electrons. The van der Waals surface area contributed by atoms with Crippen LogP contribution in [0.15, 0.2) is 24.3 Å². The molecule has 0 bridgehead atoms. The number of carbonyl (C=O) groups is 1. The molecule has 0 N–H and O–H groups in total. The summed E-state index contributed by atoms with van der Waals surface area (Å²) in [6.07, 6.45) is 3.17. The number of piperazine rings is 1. The molecule has 2 aliphatic rings. The molecule has 0 saturated carbocycles. The van der Waals surface area contributed by atoms with E-state index in [0.717, 1.165) is 39.1 Å². The Morgan fingerprint density at radius 1 is 1.17 bits per heavy atom. The summed E-state index contributed by atoms with van der Waals surface area (Å²) in [7, 11) is 2.16. The van der Waals surface area contributed by atoms with Crippen LogP contribution in [0.1, 0.15) is 24.8 Å². The van der Waals surface area contributed by atoms with Gasteiger partial charge in [0, 0.05) is 44.8 Å². The topological polar surface area (TPSA) is 26.8 Å². The second kappa shape index (κ2) is 7.35. The molecule has 2 fully saturated rings. The predicted molar refractivity (Wildman–Crippen MR) is 94.8 cm³/mol. The van der Waals surface area contributed by atoms with Crippen LogP contribution in [0.5, 0.6) is 0 Å². The Bertz CT molecular complexity index is 537. The second-order valence-corrected chi connectivity index (χ2v) is 7.18. The molecule has 4 nitrogen and oxygen atoms in total. The van der Waals surface area contributed by atoms with Crippen molar-refractivity contribution in [2.75, 3.05) is 51.2 Å². The first-order valence-corrected chi connectivity index (χ1v) is 8.90. The number of nitrogens with zero attached hydrogens (tertiary/aromatic N) is 3. The summed E-state index contributed by atoms with van der Waals surface area (Å²) in [5, 5.41) is 0. The molecule has 4 heteroatoms. The molecule has 1 unspecified atom stereocenters. The summed E-state index contributed by atoms with van der Waals surface area (Å²) >= 11 is 0. The Morgan fingerprint density at radius 2 is 1.96 bits per heavy atom. The van der Waals surface area contributed by atoms with Crippen LogP contribution in [0.2, 0.25) is 0 Å². The van der Waals surface area contributed by atoms with Crippen LogP contribution in [-0.4, -0.2) is 62.0 Å². The highest BCUT2D eigenvalue weighted by Gasteiger charge is 2.25. The van der Waals surface area contributed by atoms with Crippen molar-refractivity contribution in [2.24, 2.45) is 5.92 Å². The van der Waals surface area contributed by atoms with Crippen molar-refractivity contribution in [3.63, 3.8) is 0 Å². The van der Waals surface area contributed by atoms with E-state index in [1.165, 1.54) is 30.6 Å². The number of rotatable bonds is 3. The number of likely N-dealkylation sites (tertiary alicyclic amines) is 1. The van der Waals surface area contributed by atoms with Gasteiger partial charge in [-0.25, -0.2) is 0 Å². The molecule has 0 aliphatic carbocycles. The zero-order valence-corrected chi connectivity index (χ0v) is 14.5. The van der Waals surface area contributed by atoms with Gasteiger partial charge in [0.05, 0.1) is 0 Å². The monoisotopic (exact) mass is 315 g/mol. The summed E-state index contributed by atoms with van der Waals surface area (Å²) in [5.74, 6) is 0.908. The predicted octanol–water partition coefficient (Wildman–Crippen LogP) is 2.38. The molecule has 0 spiro atoms. The summed E-state index contributed by atoms with van der Waals surface area (Å²) in [6.45, 7) is 7.99. The van der Waals surface area contributed by atoms with Gasteiger partial charge in [-0.15, -0.1) is 0 Å². The van der Waals surface area contributed by atoms with Crippen molar-refractivity contribution < 1.29 is 4.79 Å². The maximum Gasteiger partial charge on any atom is 0.223 e. The van der Waals surface area contributed by atoms with Gasteiger partial charge in [0.1, 0.15) is 0 Å². The molecule has 1 atom stereocenters. The number of piperidine rings is 1. The minimum Gasteiger partial charge on any atom is -0.368 e. The standard InChI is InChI=1S/C19H29N3O/c1-16-5-3-7-18(13-16)21-9-11-22(12-10-21)19(23)14-17-6-4-8-20(2)15-17/h3,5,7,13,17H,4,6,8-12,14-15H2,1-2H3. The average Bonchev–Trinajstić information content (AvgIpc) is 2.55. The smallest absolute Gasteiger partial charge is 0.223 e. The van der Waals surface area contributed by atoms with E-state index < -0.39 is 0 Å². The van der Waals surface area contributed by atoms with E-state index in [9.17, 15) is 4.79 Å². The van der Waals surface area contributed by atoms with Gasteiger partial charge in [0.15, 0.2) is 0 Å². The van der Waals surface area contributed by atoms with E-state index in [1.54, 1.807) is 0 Å². The molecule has 1 amide bonds. The number of hydrogen-bond donors (Lipinski definition) is 0. The van der Waals surface area contributed by atoms with Crippen LogP contribution in [0.3, 0.4) is 0 Å². The van der Waals surface area contributed by atoms with E-state index in [4.69, 9.17) is 0 Å². The van der Waals surface area contributed by atoms with Gasteiger partial charge in [0.25, 0.3) is 0 Å². The van der Waals surface area contributed by atoms with E-state index in [-0.39, 0.29) is 0 Å². The summed E-state index contributed by atoms with van der Waals surface area (Å²) in [5.41, 5.74) is 2.58. The molecule has 0 aromatic heterocycles. The van der Waals surface area contributed by atoms with Gasteiger partial charge < -0.3 is 14.7 Å². The first-order chi connectivity index (χ1) is 11.1. The van der Waals surface area contributed by atoms with Gasteiger partial charge in [0.2, 0.25) is 5.91 Å². The summed E-state index contributed by atoms with van der Waals surface area (Å²) in [4.78, 5) is 19.4. The fraction of sp³-hybridized carbons (Fsp3) is 0.632. The number of amides is 1. The lowest BCUT2D eigenvalue weighted by molar-refractivity contribution is -0.132. The molecule has 2 heterocycles. The van der Waals surface area contributed by atoms with Gasteiger partial charge in [-0.1, -0.05) is 12.1 Å². The third kappa shape index (κ3) is 4.25. The minimum atomic E-state index is 0.356. The summed E-state index contributed by atoms with van der Waals surface area (Å²) in [6, 6.07) is 8.64. The fourth-order valence-corrected chi connectivity index (χ4v) is 3.85. The Labute approximate surface area is 140 Å². The molecule has 1 aromatic carbocycles. The van der Waals surface area contributed by atoms with Crippen LogP contribution < -0.4 is 4.90 Å². The van der Waals surface area contributed by atoms with E-state index in [0.29, 0.717) is 11.8 Å². The molecular weight excluding hydrogens is 286 g/mol. The molecule has 2 aliphatic heterocycles. The van der Waals surface area contributed by atoms with Gasteiger partial charge >= 0.3 is 0 Å². The Kier molecular flexibility index (Phi) is 5.21. The molecule has 126 valence electrons. The maximum absolute atomic E-state index is 12.6. The van der Waals surface area contributed by atoms with Crippen molar-refractivity contribution in [1.29, 1.82) is 0 Å². The maximum atomic E-state index is 12.6. The van der Waals surface area contributed by atoms with Crippen molar-refractivity contribution in [1.82, 2.24) is 9.80 Å². The summed E-state index contributed by atoms with van der Waals surface area (Å²) < 4.78 is 0. The molecule has 23 heavy (non-hydrogen) atoms. The number of carbonyl (C=O) groups excluding carboxylic acids is 1. The number of hydrogen-bond acceptors (Lipinski definition) is 3. The third-order valence-electron chi connectivity index (χ3n) is 5.18. The Morgan fingerprint density at radius 3 is 2.65 bits per heavy atom. The number of benzene rings is 1. The van der Waals surface area contributed by atoms with Crippen molar-refractivity contribution >= 4 is 11.6 Å². The lowest BCUT2D eigenvalue weighted by Gasteiger charge is -2.37.